The van der Waals surface area contributed by atoms with E-state index < -0.39 is 23.5 Å². The van der Waals surface area contributed by atoms with E-state index in [4.69, 9.17) is 9.47 Å². The maximum Gasteiger partial charge on any atom is 0.333 e. The van der Waals surface area contributed by atoms with Crippen molar-refractivity contribution in [2.45, 2.75) is 46.6 Å². The molecule has 0 aromatic rings. The first kappa shape index (κ1) is 18.9. The SMILES string of the molecule is COC(=O)/C1=C/[C@@H](OC(C)=O)C(C)(C)/C=C\C(=O)/C(C)=C\CC1. The lowest BCUT2D eigenvalue weighted by Gasteiger charge is -2.29. The summed E-state index contributed by atoms with van der Waals surface area (Å²) in [4.78, 5) is 35.4. The van der Waals surface area contributed by atoms with Gasteiger partial charge in [-0.15, -0.1) is 0 Å². The normalized spacial score (nSPS) is 27.5. The fourth-order valence-corrected chi connectivity index (χ4v) is 2.21. The number of hydrogen-bond donors (Lipinski definition) is 0. The highest BCUT2D eigenvalue weighted by Crippen LogP contribution is 2.29. The van der Waals surface area contributed by atoms with Crippen molar-refractivity contribution in [3.8, 4) is 0 Å². The Bertz CT molecular complexity index is 578. The number of methoxy groups -OCH3 is 1. The molecule has 1 atom stereocenters. The molecule has 0 unspecified atom stereocenters. The molecule has 1 rings (SSSR count). The summed E-state index contributed by atoms with van der Waals surface area (Å²) in [7, 11) is 1.31. The van der Waals surface area contributed by atoms with E-state index in [2.05, 4.69) is 0 Å². The zero-order valence-corrected chi connectivity index (χ0v) is 14.3. The predicted octanol–water partition coefficient (Wildman–Crippen LogP) is 2.91. The van der Waals surface area contributed by atoms with Gasteiger partial charge >= 0.3 is 11.9 Å². The molecule has 5 nitrogen and oxygen atoms in total. The Morgan fingerprint density at radius 2 is 1.96 bits per heavy atom. The molecule has 1 aliphatic carbocycles. The van der Waals surface area contributed by atoms with Crippen molar-refractivity contribution >= 4 is 17.7 Å². The molecule has 0 aromatic heterocycles. The average Bonchev–Trinajstić information content (AvgIpc) is 2.49. The standard InChI is InChI=1S/C18H24O5/c1-12-7-6-8-14(17(21)22-5)11-16(23-13(2)19)18(3,4)10-9-15(12)20/h7,9-11,16H,6,8H2,1-5H3/b10-9-,12-7-,14-11+/t16-/m1/s1. The van der Waals surface area contributed by atoms with Gasteiger partial charge < -0.3 is 9.47 Å². The Morgan fingerprint density at radius 1 is 1.30 bits per heavy atom. The molecule has 0 saturated heterocycles. The molecule has 0 fully saturated rings. The van der Waals surface area contributed by atoms with Crippen LogP contribution in [0.15, 0.2) is 35.5 Å². The molecule has 0 bridgehead atoms. The second-order valence-electron chi connectivity index (χ2n) is 6.16. The van der Waals surface area contributed by atoms with E-state index in [1.807, 2.05) is 13.8 Å². The zero-order valence-electron chi connectivity index (χ0n) is 14.3. The fraction of sp³-hybridized carbons (Fsp3) is 0.500. The van der Waals surface area contributed by atoms with Crippen LogP contribution in [0.2, 0.25) is 0 Å². The lowest BCUT2D eigenvalue weighted by molar-refractivity contribution is -0.148. The predicted molar refractivity (Wildman–Crippen MR) is 86.6 cm³/mol. The number of hydrogen-bond acceptors (Lipinski definition) is 5. The van der Waals surface area contributed by atoms with Gasteiger partial charge in [0.25, 0.3) is 0 Å². The largest absolute Gasteiger partial charge is 0.466 e. The van der Waals surface area contributed by atoms with Crippen LogP contribution in [-0.4, -0.2) is 30.9 Å². The summed E-state index contributed by atoms with van der Waals surface area (Å²) < 4.78 is 10.2. The molecule has 0 saturated carbocycles. The van der Waals surface area contributed by atoms with Crippen LogP contribution >= 0.6 is 0 Å². The van der Waals surface area contributed by atoms with Crippen LogP contribution in [0.3, 0.4) is 0 Å². The molecular formula is C18H24O5. The van der Waals surface area contributed by atoms with E-state index in [-0.39, 0.29) is 5.78 Å². The lowest BCUT2D eigenvalue weighted by atomic mass is 9.84. The Labute approximate surface area is 137 Å². The van der Waals surface area contributed by atoms with Crippen LogP contribution in [0.4, 0.5) is 0 Å². The number of ether oxygens (including phenoxy) is 2. The first-order valence-electron chi connectivity index (χ1n) is 7.54. The second kappa shape index (κ2) is 7.90. The molecule has 0 heterocycles. The van der Waals surface area contributed by atoms with Crippen molar-refractivity contribution in [1.29, 1.82) is 0 Å². The second-order valence-corrected chi connectivity index (χ2v) is 6.16. The van der Waals surface area contributed by atoms with E-state index >= 15 is 0 Å². The molecule has 5 heteroatoms. The summed E-state index contributed by atoms with van der Waals surface area (Å²) in [6, 6.07) is 0. The first-order chi connectivity index (χ1) is 10.7. The maximum absolute atomic E-state index is 12.1. The van der Waals surface area contributed by atoms with Crippen molar-refractivity contribution in [1.82, 2.24) is 0 Å². The highest BCUT2D eigenvalue weighted by molar-refractivity contribution is 6.03. The first-order valence-corrected chi connectivity index (χ1v) is 7.54. The highest BCUT2D eigenvalue weighted by atomic mass is 16.5. The van der Waals surface area contributed by atoms with Crippen LogP contribution in [0.5, 0.6) is 0 Å². The minimum atomic E-state index is -0.670. The third kappa shape index (κ3) is 5.51. The van der Waals surface area contributed by atoms with E-state index in [0.29, 0.717) is 24.0 Å². The molecule has 23 heavy (non-hydrogen) atoms. The van der Waals surface area contributed by atoms with Gasteiger partial charge in [-0.25, -0.2) is 4.79 Å². The molecule has 0 aliphatic heterocycles. The van der Waals surface area contributed by atoms with E-state index in [9.17, 15) is 14.4 Å². The Balaban J connectivity index is 3.35. The minimum Gasteiger partial charge on any atom is -0.466 e. The van der Waals surface area contributed by atoms with E-state index in [0.717, 1.165) is 0 Å². The van der Waals surface area contributed by atoms with Crippen molar-refractivity contribution in [2.24, 2.45) is 5.41 Å². The van der Waals surface area contributed by atoms with Crippen molar-refractivity contribution in [2.75, 3.05) is 7.11 Å². The summed E-state index contributed by atoms with van der Waals surface area (Å²) in [6.07, 6.45) is 6.87. The minimum absolute atomic E-state index is 0.0961. The van der Waals surface area contributed by atoms with E-state index in [1.54, 1.807) is 25.2 Å². The number of allylic oxidation sites excluding steroid dienone is 3. The maximum atomic E-state index is 12.1. The summed E-state index contributed by atoms with van der Waals surface area (Å²) in [5.74, 6) is -1.01. The zero-order chi connectivity index (χ0) is 17.6. The van der Waals surface area contributed by atoms with Crippen LogP contribution in [0.25, 0.3) is 0 Å². The number of rotatable bonds is 2. The van der Waals surface area contributed by atoms with E-state index in [1.165, 1.54) is 20.1 Å². The molecular weight excluding hydrogens is 296 g/mol. The lowest BCUT2D eigenvalue weighted by Crippen LogP contribution is -2.31. The third-order valence-corrected chi connectivity index (χ3v) is 3.74. The molecule has 0 N–H and O–H groups in total. The Hall–Kier alpha value is -2.17. The van der Waals surface area contributed by atoms with Crippen LogP contribution in [0, 0.1) is 5.41 Å². The van der Waals surface area contributed by atoms with Gasteiger partial charge in [-0.3, -0.25) is 9.59 Å². The average molecular weight is 320 g/mol. The number of esters is 2. The summed E-state index contributed by atoms with van der Waals surface area (Å²) in [5, 5.41) is 0. The number of carbonyl (C=O) groups is 3. The highest BCUT2D eigenvalue weighted by Gasteiger charge is 2.30. The number of ketones is 1. The molecule has 0 amide bonds. The van der Waals surface area contributed by atoms with Crippen LogP contribution < -0.4 is 0 Å². The Morgan fingerprint density at radius 3 is 2.52 bits per heavy atom. The monoisotopic (exact) mass is 320 g/mol. The van der Waals surface area contributed by atoms with Crippen molar-refractivity contribution < 1.29 is 23.9 Å². The van der Waals surface area contributed by atoms with Crippen molar-refractivity contribution in [3.05, 3.63) is 35.5 Å². The smallest absolute Gasteiger partial charge is 0.333 e. The van der Waals surface area contributed by atoms with Crippen molar-refractivity contribution in [3.63, 3.8) is 0 Å². The molecule has 0 radical (unpaired) electrons. The summed E-state index contributed by atoms with van der Waals surface area (Å²) in [5.41, 5.74) is 0.399. The topological polar surface area (TPSA) is 69.7 Å². The van der Waals surface area contributed by atoms with Crippen LogP contribution in [-0.2, 0) is 23.9 Å². The fourth-order valence-electron chi connectivity index (χ4n) is 2.21. The van der Waals surface area contributed by atoms with Gasteiger partial charge in [0.2, 0.25) is 0 Å². The van der Waals surface area contributed by atoms with Gasteiger partial charge in [0.05, 0.1) is 7.11 Å². The van der Waals surface area contributed by atoms with Gasteiger partial charge in [0.1, 0.15) is 6.10 Å². The molecule has 0 spiro atoms. The summed E-state index contributed by atoms with van der Waals surface area (Å²) in [6.45, 7) is 6.73. The molecule has 126 valence electrons. The van der Waals surface area contributed by atoms with Gasteiger partial charge in [0.15, 0.2) is 5.78 Å². The number of carbonyl (C=O) groups excluding carboxylic acids is 3. The Kier molecular flexibility index (Phi) is 6.49. The van der Waals surface area contributed by atoms with Gasteiger partial charge in [-0.05, 0) is 37.5 Å². The van der Waals surface area contributed by atoms with Crippen LogP contribution in [0.1, 0.15) is 40.5 Å². The third-order valence-electron chi connectivity index (χ3n) is 3.74. The van der Waals surface area contributed by atoms with Gasteiger partial charge in [-0.2, -0.15) is 0 Å². The molecule has 1 aliphatic rings. The molecule has 0 aromatic carbocycles. The van der Waals surface area contributed by atoms with Gasteiger partial charge in [0, 0.05) is 17.9 Å². The quantitative estimate of drug-likeness (QED) is 0.732. The summed E-state index contributed by atoms with van der Waals surface area (Å²) >= 11 is 0. The van der Waals surface area contributed by atoms with Gasteiger partial charge in [-0.1, -0.05) is 26.0 Å².